The molecule has 0 bridgehead atoms. The van der Waals surface area contributed by atoms with E-state index in [2.05, 4.69) is 10.2 Å². The van der Waals surface area contributed by atoms with E-state index >= 15 is 0 Å². The molecule has 1 saturated carbocycles. The van der Waals surface area contributed by atoms with Crippen LogP contribution in [0.15, 0.2) is 24.3 Å². The molecule has 0 spiro atoms. The van der Waals surface area contributed by atoms with Crippen LogP contribution in [0, 0.1) is 29.1 Å². The monoisotopic (exact) mass is 624 g/mol. The first kappa shape index (κ1) is 36.6. The maximum atomic E-state index is 13.5. The van der Waals surface area contributed by atoms with Crippen LogP contribution < -0.4 is 10.1 Å². The van der Waals surface area contributed by atoms with Gasteiger partial charge in [0.25, 0.3) is 0 Å². The van der Waals surface area contributed by atoms with E-state index in [0.29, 0.717) is 17.9 Å². The Kier molecular flexibility index (Phi) is 14.0. The molecule has 0 aromatic heterocycles. The number of hydrogen-bond donors (Lipinski definition) is 1. The molecule has 1 aliphatic carbocycles. The minimum Gasteiger partial charge on any atom is -0.492 e. The number of hydrogen-bond acceptors (Lipinski definition) is 7. The molecule has 8 nitrogen and oxygen atoms in total. The lowest BCUT2D eigenvalue weighted by molar-refractivity contribution is -0.142. The lowest BCUT2D eigenvalue weighted by atomic mass is 9.76. The number of ether oxygens (including phenoxy) is 1. The van der Waals surface area contributed by atoms with Crippen molar-refractivity contribution >= 4 is 29.0 Å². The molecule has 8 heteroatoms. The second kappa shape index (κ2) is 17.2. The molecular formula is C37H56N2O6. The summed E-state index contributed by atoms with van der Waals surface area (Å²) in [7, 11) is 0. The molecular weight excluding hydrogens is 568 g/mol. The van der Waals surface area contributed by atoms with Crippen molar-refractivity contribution in [2.75, 3.05) is 26.2 Å². The van der Waals surface area contributed by atoms with Crippen molar-refractivity contribution in [3.05, 3.63) is 29.8 Å². The predicted octanol–water partition coefficient (Wildman–Crippen LogP) is 6.24. The highest BCUT2D eigenvalue weighted by Crippen LogP contribution is 2.31. The van der Waals surface area contributed by atoms with Crippen molar-refractivity contribution < 1.29 is 28.7 Å². The smallest absolute Gasteiger partial charge is 0.224 e. The van der Waals surface area contributed by atoms with E-state index in [4.69, 9.17) is 4.74 Å². The zero-order valence-electron chi connectivity index (χ0n) is 28.5. The van der Waals surface area contributed by atoms with E-state index in [1.807, 2.05) is 34.6 Å². The summed E-state index contributed by atoms with van der Waals surface area (Å²) < 4.78 is 5.86. The minimum atomic E-state index is -0.850. The number of nitrogens with one attached hydrogen (secondary N) is 1. The summed E-state index contributed by atoms with van der Waals surface area (Å²) in [4.78, 5) is 68.3. The SMILES string of the molecule is CC(C)[C@H](CC(=O)[C@H](C)NC(=O)[C@@H](CC(=O)c1ccc(OCCN2CCCC2)cc1)C(C)(C)C)C(=O)C(=O)CC1CCCCC1. The van der Waals surface area contributed by atoms with E-state index in [9.17, 15) is 24.0 Å². The van der Waals surface area contributed by atoms with Gasteiger partial charge in [-0.05, 0) is 74.4 Å². The number of nitrogens with zero attached hydrogens (tertiary/aromatic N) is 1. The van der Waals surface area contributed by atoms with Crippen molar-refractivity contribution in [1.82, 2.24) is 10.2 Å². The Bertz CT molecular complexity index is 1160. The van der Waals surface area contributed by atoms with Gasteiger partial charge in [-0.3, -0.25) is 28.9 Å². The van der Waals surface area contributed by atoms with Gasteiger partial charge in [0.15, 0.2) is 17.3 Å². The first-order chi connectivity index (χ1) is 21.3. The molecule has 0 radical (unpaired) electrons. The Morgan fingerprint density at radius 2 is 1.51 bits per heavy atom. The van der Waals surface area contributed by atoms with Gasteiger partial charge >= 0.3 is 0 Å². The molecule has 250 valence electrons. The van der Waals surface area contributed by atoms with Crippen molar-refractivity contribution in [2.45, 2.75) is 112 Å². The Labute approximate surface area is 270 Å². The van der Waals surface area contributed by atoms with Crippen molar-refractivity contribution in [3.63, 3.8) is 0 Å². The fourth-order valence-electron chi connectivity index (χ4n) is 6.51. The van der Waals surface area contributed by atoms with E-state index in [1.165, 1.54) is 19.3 Å². The number of carbonyl (C=O) groups excluding carboxylic acids is 5. The average molecular weight is 625 g/mol. The summed E-state index contributed by atoms with van der Waals surface area (Å²) in [5.41, 5.74) is -0.0346. The maximum absolute atomic E-state index is 13.5. The topological polar surface area (TPSA) is 110 Å². The summed E-state index contributed by atoms with van der Waals surface area (Å²) in [5.74, 6) is -2.27. The number of Topliss-reactive ketones (excluding diaryl/α,β-unsaturated/α-hetero) is 4. The van der Waals surface area contributed by atoms with Gasteiger partial charge < -0.3 is 10.1 Å². The molecule has 2 aliphatic rings. The summed E-state index contributed by atoms with van der Waals surface area (Å²) >= 11 is 0. The second-order valence-corrected chi connectivity index (χ2v) is 14.7. The van der Waals surface area contributed by atoms with Gasteiger partial charge in [-0.1, -0.05) is 66.7 Å². The highest BCUT2D eigenvalue weighted by molar-refractivity contribution is 6.38. The Morgan fingerprint density at radius 3 is 2.09 bits per heavy atom. The number of amides is 1. The predicted molar refractivity (Wildman–Crippen MR) is 176 cm³/mol. The van der Waals surface area contributed by atoms with Crippen LogP contribution in [0.3, 0.4) is 0 Å². The van der Waals surface area contributed by atoms with Gasteiger partial charge in [-0.15, -0.1) is 0 Å². The maximum Gasteiger partial charge on any atom is 0.224 e. The molecule has 3 atom stereocenters. The van der Waals surface area contributed by atoms with Crippen LogP contribution in [0.4, 0.5) is 0 Å². The highest BCUT2D eigenvalue weighted by Gasteiger charge is 2.36. The molecule has 1 N–H and O–H groups in total. The molecule has 0 unspecified atom stereocenters. The van der Waals surface area contributed by atoms with Crippen LogP contribution in [0.2, 0.25) is 0 Å². The summed E-state index contributed by atoms with van der Waals surface area (Å²) in [6.45, 7) is 14.7. The normalized spacial score (nSPS) is 18.3. The van der Waals surface area contributed by atoms with Crippen LogP contribution in [0.25, 0.3) is 0 Å². The van der Waals surface area contributed by atoms with Gasteiger partial charge in [-0.25, -0.2) is 0 Å². The van der Waals surface area contributed by atoms with Crippen LogP contribution in [0.5, 0.6) is 5.75 Å². The number of rotatable bonds is 17. The minimum absolute atomic E-state index is 0.00577. The number of benzene rings is 1. The first-order valence-electron chi connectivity index (χ1n) is 17.1. The van der Waals surface area contributed by atoms with Crippen molar-refractivity contribution in [1.29, 1.82) is 0 Å². The fraction of sp³-hybridized carbons (Fsp3) is 0.703. The summed E-state index contributed by atoms with van der Waals surface area (Å²) in [6, 6.07) is 6.19. The van der Waals surface area contributed by atoms with Gasteiger partial charge in [-0.2, -0.15) is 0 Å². The molecule has 2 fully saturated rings. The summed E-state index contributed by atoms with van der Waals surface area (Å²) in [6.07, 6.45) is 7.95. The molecule has 1 aromatic carbocycles. The molecule has 3 rings (SSSR count). The van der Waals surface area contributed by atoms with Gasteiger partial charge in [0.2, 0.25) is 11.7 Å². The van der Waals surface area contributed by atoms with Gasteiger partial charge in [0, 0.05) is 37.3 Å². The zero-order chi connectivity index (χ0) is 33.1. The Hall–Kier alpha value is -2.87. The Balaban J connectivity index is 1.55. The van der Waals surface area contributed by atoms with Crippen molar-refractivity contribution in [2.24, 2.45) is 29.1 Å². The number of carbonyl (C=O) groups is 5. The molecule has 1 amide bonds. The van der Waals surface area contributed by atoms with E-state index in [-0.39, 0.29) is 54.4 Å². The second-order valence-electron chi connectivity index (χ2n) is 14.7. The van der Waals surface area contributed by atoms with Crippen molar-refractivity contribution in [3.8, 4) is 5.75 Å². The third-order valence-electron chi connectivity index (χ3n) is 9.68. The van der Waals surface area contributed by atoms with Crippen LogP contribution in [0.1, 0.15) is 116 Å². The molecule has 1 saturated heterocycles. The zero-order valence-corrected chi connectivity index (χ0v) is 28.5. The lowest BCUT2D eigenvalue weighted by Crippen LogP contribution is -2.46. The van der Waals surface area contributed by atoms with E-state index in [1.54, 1.807) is 31.2 Å². The number of ketones is 4. The quantitative estimate of drug-likeness (QED) is 0.161. The van der Waals surface area contributed by atoms with E-state index in [0.717, 1.165) is 45.3 Å². The highest BCUT2D eigenvalue weighted by atomic mass is 16.5. The lowest BCUT2D eigenvalue weighted by Gasteiger charge is -2.30. The molecule has 1 aliphatic heterocycles. The van der Waals surface area contributed by atoms with Crippen LogP contribution in [-0.4, -0.2) is 66.2 Å². The van der Waals surface area contributed by atoms with Crippen LogP contribution >= 0.6 is 0 Å². The molecule has 45 heavy (non-hydrogen) atoms. The third-order valence-corrected chi connectivity index (χ3v) is 9.68. The number of likely N-dealkylation sites (tertiary alicyclic amines) is 1. The fourth-order valence-corrected chi connectivity index (χ4v) is 6.51. The summed E-state index contributed by atoms with van der Waals surface area (Å²) in [5, 5.41) is 2.82. The van der Waals surface area contributed by atoms with Crippen LogP contribution in [-0.2, 0) is 19.2 Å². The first-order valence-corrected chi connectivity index (χ1v) is 17.1. The third kappa shape index (κ3) is 11.5. The van der Waals surface area contributed by atoms with E-state index < -0.39 is 29.1 Å². The Morgan fingerprint density at radius 1 is 0.889 bits per heavy atom. The molecule has 1 aromatic rings. The largest absolute Gasteiger partial charge is 0.492 e. The van der Waals surface area contributed by atoms with Gasteiger partial charge in [0.1, 0.15) is 12.4 Å². The standard InChI is InChI=1S/C37H56N2O6/c1-25(2)30(35(43)34(42)22-27-12-8-7-9-13-27)23-32(40)26(3)38-36(44)31(37(4,5)6)24-33(41)28-14-16-29(17-15-28)45-21-20-39-18-10-11-19-39/h14-17,25-27,30-31H,7-13,18-24H2,1-6H3,(H,38,44)/t26-,30-,31+/m0/s1. The molecule has 1 heterocycles. The van der Waals surface area contributed by atoms with Gasteiger partial charge in [0.05, 0.1) is 12.0 Å². The average Bonchev–Trinajstić information content (AvgIpc) is 3.51.